The highest BCUT2D eigenvalue weighted by atomic mass is 16.7. The predicted molar refractivity (Wildman–Crippen MR) is 118 cm³/mol. The average Bonchev–Trinajstić information content (AvgIpc) is 3.18. The molecular formula is C27H40O4. The first-order chi connectivity index (χ1) is 14.7. The summed E-state index contributed by atoms with van der Waals surface area (Å²) in [7, 11) is 0. The van der Waals surface area contributed by atoms with Crippen molar-refractivity contribution < 1.29 is 19.4 Å². The molecule has 0 aromatic carbocycles. The summed E-state index contributed by atoms with van der Waals surface area (Å²) < 4.78 is 13.2. The number of aliphatic hydroxyl groups is 1. The van der Waals surface area contributed by atoms with E-state index in [-0.39, 0.29) is 34.9 Å². The molecule has 0 bridgehead atoms. The summed E-state index contributed by atoms with van der Waals surface area (Å²) >= 11 is 0. The van der Waals surface area contributed by atoms with E-state index in [0.29, 0.717) is 29.5 Å². The number of allylic oxidation sites excluding steroid dienone is 2. The molecule has 0 aromatic rings. The number of carbonyl (C=O) groups is 1. The van der Waals surface area contributed by atoms with Crippen LogP contribution in [0.1, 0.15) is 79.1 Å². The number of fused-ring (bicyclic) bond motifs is 7. The summed E-state index contributed by atoms with van der Waals surface area (Å²) in [6, 6.07) is 0. The van der Waals surface area contributed by atoms with Crippen LogP contribution >= 0.6 is 0 Å². The molecule has 31 heavy (non-hydrogen) atoms. The van der Waals surface area contributed by atoms with Gasteiger partial charge in [-0.1, -0.05) is 33.3 Å². The Morgan fingerprint density at radius 1 is 1.06 bits per heavy atom. The number of hydrogen-bond donors (Lipinski definition) is 1. The lowest BCUT2D eigenvalue weighted by Crippen LogP contribution is -2.53. The van der Waals surface area contributed by atoms with Crippen molar-refractivity contribution in [2.45, 2.75) is 97.1 Å². The molecule has 2 unspecified atom stereocenters. The maximum Gasteiger partial charge on any atom is 0.171 e. The van der Waals surface area contributed by atoms with Crippen LogP contribution in [0.4, 0.5) is 0 Å². The van der Waals surface area contributed by atoms with Crippen molar-refractivity contribution in [3.8, 4) is 0 Å². The second-order valence-electron chi connectivity index (χ2n) is 12.6. The summed E-state index contributed by atoms with van der Waals surface area (Å²) in [4.78, 5) is 13.9. The zero-order valence-electron chi connectivity index (χ0n) is 19.7. The molecule has 6 rings (SSSR count). The Bertz CT molecular complexity index is 810. The van der Waals surface area contributed by atoms with Crippen molar-refractivity contribution >= 4 is 5.78 Å². The van der Waals surface area contributed by atoms with Crippen LogP contribution in [-0.2, 0) is 14.3 Å². The number of carbonyl (C=O) groups excluding carboxylic acids is 1. The molecule has 0 radical (unpaired) electrons. The van der Waals surface area contributed by atoms with E-state index in [1.807, 2.05) is 0 Å². The van der Waals surface area contributed by atoms with Gasteiger partial charge in [-0.15, -0.1) is 0 Å². The van der Waals surface area contributed by atoms with Gasteiger partial charge in [-0.3, -0.25) is 4.79 Å². The Morgan fingerprint density at radius 3 is 2.61 bits per heavy atom. The van der Waals surface area contributed by atoms with E-state index >= 15 is 0 Å². The fourth-order valence-electron chi connectivity index (χ4n) is 9.28. The first-order valence-electron chi connectivity index (χ1n) is 13.0. The molecule has 4 aliphatic carbocycles. The van der Waals surface area contributed by atoms with Crippen molar-refractivity contribution in [1.29, 1.82) is 0 Å². The smallest absolute Gasteiger partial charge is 0.171 e. The maximum absolute atomic E-state index is 13.9. The largest absolute Gasteiger partial charge is 0.393 e. The highest BCUT2D eigenvalue weighted by Gasteiger charge is 2.70. The second-order valence-corrected chi connectivity index (χ2v) is 12.6. The summed E-state index contributed by atoms with van der Waals surface area (Å²) in [6.07, 6.45) is 10.3. The van der Waals surface area contributed by atoms with Crippen molar-refractivity contribution in [3.05, 3.63) is 11.6 Å². The number of aliphatic hydroxyl groups excluding tert-OH is 1. The Balaban J connectivity index is 1.34. The molecule has 11 atom stereocenters. The average molecular weight is 429 g/mol. The molecule has 3 saturated carbocycles. The van der Waals surface area contributed by atoms with Crippen LogP contribution in [0.5, 0.6) is 0 Å². The lowest BCUT2D eigenvalue weighted by molar-refractivity contribution is -0.271. The number of rotatable bonds is 0. The maximum atomic E-state index is 13.9. The van der Waals surface area contributed by atoms with E-state index in [4.69, 9.17) is 9.47 Å². The molecule has 0 aromatic heterocycles. The normalized spacial score (nSPS) is 58.4. The molecule has 5 fully saturated rings. The van der Waals surface area contributed by atoms with Crippen molar-refractivity contribution in [1.82, 2.24) is 0 Å². The van der Waals surface area contributed by atoms with Crippen LogP contribution < -0.4 is 0 Å². The SMILES string of the molecule is C[C@H]1CC[C@@]2(OC1)O[C@H]1CC3C4CC[C@H]5C[C@@H](O)CC[C@]5(C)C4=CC(=O)[C@]3(C)[C@H]1[C@@H]2C. The molecule has 1 N–H and O–H groups in total. The summed E-state index contributed by atoms with van der Waals surface area (Å²) in [5.41, 5.74) is 1.19. The van der Waals surface area contributed by atoms with Crippen molar-refractivity contribution in [3.63, 3.8) is 0 Å². The van der Waals surface area contributed by atoms with Gasteiger partial charge in [0.1, 0.15) is 0 Å². The van der Waals surface area contributed by atoms with E-state index in [9.17, 15) is 9.90 Å². The number of hydrogen-bond acceptors (Lipinski definition) is 4. The molecular weight excluding hydrogens is 388 g/mol. The van der Waals surface area contributed by atoms with Crippen LogP contribution in [0, 0.1) is 46.3 Å². The monoisotopic (exact) mass is 428 g/mol. The van der Waals surface area contributed by atoms with Crippen molar-refractivity contribution in [2.24, 2.45) is 46.3 Å². The van der Waals surface area contributed by atoms with E-state index in [0.717, 1.165) is 45.1 Å². The lowest BCUT2D eigenvalue weighted by atomic mass is 9.48. The third-order valence-corrected chi connectivity index (χ3v) is 11.2. The van der Waals surface area contributed by atoms with Gasteiger partial charge < -0.3 is 14.6 Å². The Morgan fingerprint density at radius 2 is 1.87 bits per heavy atom. The fourth-order valence-corrected chi connectivity index (χ4v) is 9.28. The molecule has 2 heterocycles. The summed E-state index contributed by atoms with van der Waals surface area (Å²) in [6.45, 7) is 9.97. The highest BCUT2D eigenvalue weighted by molar-refractivity contribution is 5.97. The molecule has 2 aliphatic heterocycles. The van der Waals surface area contributed by atoms with Crippen LogP contribution in [0.3, 0.4) is 0 Å². The summed E-state index contributed by atoms with van der Waals surface area (Å²) in [5, 5.41) is 10.3. The van der Waals surface area contributed by atoms with Gasteiger partial charge in [0.2, 0.25) is 0 Å². The predicted octanol–water partition coefficient (Wildman–Crippen LogP) is 4.89. The van der Waals surface area contributed by atoms with E-state index in [1.54, 1.807) is 0 Å². The zero-order valence-corrected chi connectivity index (χ0v) is 19.7. The zero-order chi connectivity index (χ0) is 21.8. The molecule has 1 spiro atoms. The third kappa shape index (κ3) is 2.62. The van der Waals surface area contributed by atoms with Gasteiger partial charge >= 0.3 is 0 Å². The highest BCUT2D eigenvalue weighted by Crippen LogP contribution is 2.69. The standard InChI is InChI=1S/C27H40O4/c1-15-7-10-27(30-14-15)16(2)24-22(31-27)12-21-19-6-5-17-11-18(28)8-9-25(17,3)20(19)13-23(29)26(21,24)4/h13,15-19,21-22,24,28H,5-12,14H2,1-4H3/t15-,16-,17-,18-,19?,21?,22-,24-,25-,26+,27+/m0/s1. The summed E-state index contributed by atoms with van der Waals surface area (Å²) in [5.74, 6) is 2.41. The third-order valence-electron chi connectivity index (χ3n) is 11.2. The van der Waals surface area contributed by atoms with Gasteiger partial charge in [0.25, 0.3) is 0 Å². The molecule has 4 heteroatoms. The Kier molecular flexibility index (Phi) is 4.49. The quantitative estimate of drug-likeness (QED) is 0.597. The van der Waals surface area contributed by atoms with Gasteiger partial charge in [0.05, 0.1) is 18.8 Å². The Labute approximate surface area is 187 Å². The second kappa shape index (κ2) is 6.67. The number of ketones is 1. The van der Waals surface area contributed by atoms with Gasteiger partial charge in [-0.25, -0.2) is 0 Å². The van der Waals surface area contributed by atoms with Crippen LogP contribution in [0.2, 0.25) is 0 Å². The van der Waals surface area contributed by atoms with Crippen LogP contribution in [0.25, 0.3) is 0 Å². The van der Waals surface area contributed by atoms with Gasteiger partial charge in [-0.2, -0.15) is 0 Å². The molecule has 172 valence electrons. The minimum atomic E-state index is -0.469. The van der Waals surface area contributed by atoms with Gasteiger partial charge in [-0.05, 0) is 80.1 Å². The minimum Gasteiger partial charge on any atom is -0.393 e. The first kappa shape index (κ1) is 20.9. The Hall–Kier alpha value is -0.710. The van der Waals surface area contributed by atoms with Crippen molar-refractivity contribution in [2.75, 3.05) is 6.61 Å². The topological polar surface area (TPSA) is 55.8 Å². The lowest BCUT2D eigenvalue weighted by Gasteiger charge is -2.56. The minimum absolute atomic E-state index is 0.0904. The van der Waals surface area contributed by atoms with E-state index in [1.165, 1.54) is 18.4 Å². The fraction of sp³-hybridized carbons (Fsp3) is 0.889. The first-order valence-corrected chi connectivity index (χ1v) is 13.0. The van der Waals surface area contributed by atoms with Gasteiger partial charge in [0, 0.05) is 23.7 Å². The van der Waals surface area contributed by atoms with E-state index < -0.39 is 5.79 Å². The molecule has 2 saturated heterocycles. The molecule has 6 aliphatic rings. The van der Waals surface area contributed by atoms with E-state index in [2.05, 4.69) is 33.8 Å². The van der Waals surface area contributed by atoms with Crippen LogP contribution in [0.15, 0.2) is 11.6 Å². The molecule has 0 amide bonds. The number of ether oxygens (including phenoxy) is 2. The van der Waals surface area contributed by atoms with Gasteiger partial charge in [0.15, 0.2) is 11.6 Å². The van der Waals surface area contributed by atoms with Crippen LogP contribution in [-0.4, -0.2) is 35.5 Å². The molecule has 4 nitrogen and oxygen atoms in total.